The lowest BCUT2D eigenvalue weighted by Crippen LogP contribution is -2.12. The monoisotopic (exact) mass is 214 g/mol. The smallest absolute Gasteiger partial charge is 0.155 e. The van der Waals surface area contributed by atoms with Crippen molar-refractivity contribution in [2.75, 3.05) is 11.9 Å². The minimum Gasteiger partial charge on any atom is -0.328 e. The lowest BCUT2D eigenvalue weighted by molar-refractivity contribution is 0.887. The highest BCUT2D eigenvalue weighted by atomic mass is 15.2. The quantitative estimate of drug-likeness (QED) is 0.845. The van der Waals surface area contributed by atoms with Gasteiger partial charge < -0.3 is 10.6 Å². The summed E-state index contributed by atoms with van der Waals surface area (Å²) in [5.74, 6) is 0.809. The molecule has 0 saturated heterocycles. The molecule has 82 valence electrons. The van der Waals surface area contributed by atoms with Gasteiger partial charge in [0.05, 0.1) is 5.69 Å². The lowest BCUT2D eigenvalue weighted by Gasteiger charge is -2.17. The molecule has 4 nitrogen and oxygen atoms in total. The molecule has 0 aliphatic carbocycles. The Morgan fingerprint density at radius 2 is 1.81 bits per heavy atom. The topological polar surface area (TPSA) is 55.0 Å². The molecule has 0 atom stereocenters. The van der Waals surface area contributed by atoms with Gasteiger partial charge in [-0.1, -0.05) is 18.2 Å². The average Bonchev–Trinajstić information content (AvgIpc) is 2.39. The Bertz CT molecular complexity index is 438. The Balaban J connectivity index is 2.24. The number of aromatic nitrogens is 2. The number of nitrogens with zero attached hydrogens (tertiary/aromatic N) is 3. The maximum absolute atomic E-state index is 5.47. The van der Waals surface area contributed by atoms with Crippen molar-refractivity contribution < 1.29 is 0 Å². The first-order chi connectivity index (χ1) is 7.81. The molecule has 2 aromatic rings. The zero-order valence-electron chi connectivity index (χ0n) is 9.17. The summed E-state index contributed by atoms with van der Waals surface area (Å²) in [6, 6.07) is 13.8. The van der Waals surface area contributed by atoms with E-state index < -0.39 is 0 Å². The summed E-state index contributed by atoms with van der Waals surface area (Å²) in [5, 5.41) is 8.15. The molecule has 0 aliphatic rings. The molecule has 2 N–H and O–H groups in total. The molecule has 1 aromatic carbocycles. The van der Waals surface area contributed by atoms with Crippen LogP contribution in [0.4, 0.5) is 11.5 Å². The largest absolute Gasteiger partial charge is 0.328 e. The first kappa shape index (κ1) is 10.6. The van der Waals surface area contributed by atoms with Crippen LogP contribution in [0.5, 0.6) is 0 Å². The van der Waals surface area contributed by atoms with Crippen LogP contribution in [0.3, 0.4) is 0 Å². The van der Waals surface area contributed by atoms with Gasteiger partial charge in [-0.25, -0.2) is 0 Å². The predicted molar refractivity (Wildman–Crippen MR) is 64.4 cm³/mol. The van der Waals surface area contributed by atoms with Gasteiger partial charge in [0.15, 0.2) is 5.82 Å². The number of benzene rings is 1. The van der Waals surface area contributed by atoms with E-state index in [9.17, 15) is 0 Å². The number of hydrogen-bond donors (Lipinski definition) is 1. The molecule has 2 rings (SSSR count). The summed E-state index contributed by atoms with van der Waals surface area (Å²) in [4.78, 5) is 1.98. The zero-order chi connectivity index (χ0) is 11.4. The molecule has 0 aliphatic heterocycles. The van der Waals surface area contributed by atoms with Crippen molar-refractivity contribution >= 4 is 11.5 Å². The third kappa shape index (κ3) is 2.17. The van der Waals surface area contributed by atoms with Gasteiger partial charge in [0.2, 0.25) is 0 Å². The van der Waals surface area contributed by atoms with E-state index in [1.165, 1.54) is 0 Å². The maximum atomic E-state index is 5.47. The minimum absolute atomic E-state index is 0.419. The second-order valence-corrected chi connectivity index (χ2v) is 3.48. The second kappa shape index (κ2) is 4.72. The normalized spacial score (nSPS) is 10.1. The minimum atomic E-state index is 0.419. The molecule has 0 radical (unpaired) electrons. The van der Waals surface area contributed by atoms with Gasteiger partial charge in [-0.2, -0.15) is 5.10 Å². The van der Waals surface area contributed by atoms with Crippen LogP contribution in [-0.2, 0) is 6.54 Å². The van der Waals surface area contributed by atoms with Gasteiger partial charge in [0.1, 0.15) is 0 Å². The molecule has 1 heterocycles. The van der Waals surface area contributed by atoms with E-state index in [-0.39, 0.29) is 0 Å². The highest BCUT2D eigenvalue weighted by molar-refractivity contribution is 5.58. The molecular weight excluding hydrogens is 200 g/mol. The highest BCUT2D eigenvalue weighted by Gasteiger charge is 2.04. The van der Waals surface area contributed by atoms with Crippen molar-refractivity contribution in [2.24, 2.45) is 5.73 Å². The van der Waals surface area contributed by atoms with Crippen LogP contribution in [0.25, 0.3) is 0 Å². The van der Waals surface area contributed by atoms with Crippen LogP contribution in [0.15, 0.2) is 42.5 Å². The van der Waals surface area contributed by atoms with Gasteiger partial charge in [-0.15, -0.1) is 5.10 Å². The van der Waals surface area contributed by atoms with Gasteiger partial charge >= 0.3 is 0 Å². The van der Waals surface area contributed by atoms with E-state index in [4.69, 9.17) is 5.73 Å². The molecule has 0 spiro atoms. The predicted octanol–water partition coefficient (Wildman–Crippen LogP) is 1.70. The molecule has 0 bridgehead atoms. The van der Waals surface area contributed by atoms with Crippen molar-refractivity contribution in [3.63, 3.8) is 0 Å². The SMILES string of the molecule is CN(c1ccccc1)c1ccc(CN)nn1. The summed E-state index contributed by atoms with van der Waals surface area (Å²) < 4.78 is 0. The summed E-state index contributed by atoms with van der Waals surface area (Å²) in [5.41, 5.74) is 7.35. The van der Waals surface area contributed by atoms with Gasteiger partial charge in [0.25, 0.3) is 0 Å². The number of anilines is 2. The molecule has 0 unspecified atom stereocenters. The van der Waals surface area contributed by atoms with Crippen LogP contribution < -0.4 is 10.6 Å². The number of para-hydroxylation sites is 1. The number of nitrogens with two attached hydrogens (primary N) is 1. The summed E-state index contributed by atoms with van der Waals surface area (Å²) in [7, 11) is 1.96. The standard InChI is InChI=1S/C12H14N4/c1-16(11-5-3-2-4-6-11)12-8-7-10(9-13)14-15-12/h2-8H,9,13H2,1H3. The third-order valence-corrected chi connectivity index (χ3v) is 2.40. The van der Waals surface area contributed by atoms with E-state index in [0.29, 0.717) is 6.54 Å². The zero-order valence-corrected chi connectivity index (χ0v) is 9.17. The van der Waals surface area contributed by atoms with Gasteiger partial charge in [0, 0.05) is 19.3 Å². The van der Waals surface area contributed by atoms with Gasteiger partial charge in [-0.3, -0.25) is 0 Å². The fraction of sp³-hybridized carbons (Fsp3) is 0.167. The molecule has 1 aromatic heterocycles. The van der Waals surface area contributed by atoms with Gasteiger partial charge in [-0.05, 0) is 24.3 Å². The maximum Gasteiger partial charge on any atom is 0.155 e. The van der Waals surface area contributed by atoms with Crippen LogP contribution in [0, 0.1) is 0 Å². The van der Waals surface area contributed by atoms with Crippen molar-refractivity contribution in [1.82, 2.24) is 10.2 Å². The van der Waals surface area contributed by atoms with E-state index in [0.717, 1.165) is 17.2 Å². The van der Waals surface area contributed by atoms with Crippen molar-refractivity contribution in [3.05, 3.63) is 48.2 Å². The fourth-order valence-corrected chi connectivity index (χ4v) is 1.42. The average molecular weight is 214 g/mol. The Hall–Kier alpha value is -1.94. The fourth-order valence-electron chi connectivity index (χ4n) is 1.42. The number of rotatable bonds is 3. The molecular formula is C12H14N4. The lowest BCUT2D eigenvalue weighted by atomic mass is 10.3. The van der Waals surface area contributed by atoms with Crippen molar-refractivity contribution in [3.8, 4) is 0 Å². The summed E-state index contributed by atoms with van der Waals surface area (Å²) >= 11 is 0. The Kier molecular flexibility index (Phi) is 3.12. The Labute approximate surface area is 94.7 Å². The van der Waals surface area contributed by atoms with Crippen LogP contribution in [-0.4, -0.2) is 17.2 Å². The summed E-state index contributed by atoms with van der Waals surface area (Å²) in [6.07, 6.45) is 0. The Morgan fingerprint density at radius 3 is 2.38 bits per heavy atom. The van der Waals surface area contributed by atoms with Crippen LogP contribution >= 0.6 is 0 Å². The van der Waals surface area contributed by atoms with E-state index in [1.54, 1.807) is 0 Å². The van der Waals surface area contributed by atoms with E-state index in [2.05, 4.69) is 10.2 Å². The Morgan fingerprint density at radius 1 is 1.06 bits per heavy atom. The first-order valence-electron chi connectivity index (χ1n) is 5.12. The van der Waals surface area contributed by atoms with Crippen LogP contribution in [0.2, 0.25) is 0 Å². The van der Waals surface area contributed by atoms with Crippen molar-refractivity contribution in [1.29, 1.82) is 0 Å². The van der Waals surface area contributed by atoms with Crippen LogP contribution in [0.1, 0.15) is 5.69 Å². The third-order valence-electron chi connectivity index (χ3n) is 2.40. The van der Waals surface area contributed by atoms with E-state index >= 15 is 0 Å². The van der Waals surface area contributed by atoms with Crippen molar-refractivity contribution in [2.45, 2.75) is 6.54 Å². The molecule has 4 heteroatoms. The van der Waals surface area contributed by atoms with E-state index in [1.807, 2.05) is 54.4 Å². The highest BCUT2D eigenvalue weighted by Crippen LogP contribution is 2.19. The molecule has 0 fully saturated rings. The molecule has 0 saturated carbocycles. The first-order valence-corrected chi connectivity index (χ1v) is 5.12. The number of hydrogen-bond acceptors (Lipinski definition) is 4. The second-order valence-electron chi connectivity index (χ2n) is 3.48. The summed E-state index contributed by atoms with van der Waals surface area (Å²) in [6.45, 7) is 0.419. The molecule has 0 amide bonds. The molecule has 16 heavy (non-hydrogen) atoms.